The first kappa shape index (κ1) is 11.1. The van der Waals surface area contributed by atoms with Gasteiger partial charge in [0.05, 0.1) is 0 Å². The summed E-state index contributed by atoms with van der Waals surface area (Å²) in [6.45, 7) is 0. The van der Waals surface area contributed by atoms with Crippen LogP contribution in [0.15, 0.2) is 36.4 Å². The second-order valence-corrected chi connectivity index (χ2v) is 3.79. The molecule has 0 radical (unpaired) electrons. The van der Waals surface area contributed by atoms with Crippen LogP contribution < -0.4 is 11.1 Å². The fourth-order valence-corrected chi connectivity index (χ4v) is 1.77. The largest absolute Gasteiger partial charge is 0.508 e. The Hall–Kier alpha value is -2.36. The minimum Gasteiger partial charge on any atom is -0.508 e. The van der Waals surface area contributed by atoms with Crippen molar-refractivity contribution in [1.82, 2.24) is 0 Å². The van der Waals surface area contributed by atoms with E-state index in [1.807, 2.05) is 6.07 Å². The molecular weight excluding hydrogens is 216 g/mol. The van der Waals surface area contributed by atoms with E-state index in [9.17, 15) is 10.2 Å². The van der Waals surface area contributed by atoms with E-state index in [-0.39, 0.29) is 11.5 Å². The zero-order valence-corrected chi connectivity index (χ0v) is 9.44. The van der Waals surface area contributed by atoms with Gasteiger partial charge in [0.15, 0.2) is 0 Å². The molecule has 2 aromatic carbocycles. The molecule has 0 amide bonds. The van der Waals surface area contributed by atoms with Crippen LogP contribution in [0.1, 0.15) is 0 Å². The molecule has 0 saturated carbocycles. The summed E-state index contributed by atoms with van der Waals surface area (Å²) in [5, 5.41) is 22.0. The molecule has 5 N–H and O–H groups in total. The third-order valence-corrected chi connectivity index (χ3v) is 2.53. The summed E-state index contributed by atoms with van der Waals surface area (Å²) in [7, 11) is 1.80. The summed E-state index contributed by atoms with van der Waals surface area (Å²) in [5.74, 6) is 0.0361. The number of aromatic hydroxyl groups is 2. The summed E-state index contributed by atoms with van der Waals surface area (Å²) < 4.78 is 0. The fourth-order valence-electron chi connectivity index (χ4n) is 1.77. The molecule has 0 spiro atoms. The molecule has 0 saturated heterocycles. The van der Waals surface area contributed by atoms with Gasteiger partial charge in [0, 0.05) is 30.1 Å². The van der Waals surface area contributed by atoms with E-state index < -0.39 is 0 Å². The Balaban J connectivity index is 2.62. The summed E-state index contributed by atoms with van der Waals surface area (Å²) in [4.78, 5) is 0. The van der Waals surface area contributed by atoms with Gasteiger partial charge in [0.1, 0.15) is 11.5 Å². The van der Waals surface area contributed by atoms with Gasteiger partial charge in [-0.05, 0) is 35.9 Å². The second kappa shape index (κ2) is 4.25. The van der Waals surface area contributed by atoms with Crippen molar-refractivity contribution in [2.75, 3.05) is 18.1 Å². The van der Waals surface area contributed by atoms with Gasteiger partial charge in [-0.25, -0.2) is 0 Å². The van der Waals surface area contributed by atoms with Gasteiger partial charge in [0.25, 0.3) is 0 Å². The maximum Gasteiger partial charge on any atom is 0.119 e. The highest BCUT2D eigenvalue weighted by molar-refractivity contribution is 5.81. The fraction of sp³-hybridized carbons (Fsp3) is 0.0769. The van der Waals surface area contributed by atoms with Gasteiger partial charge < -0.3 is 21.3 Å². The lowest BCUT2D eigenvalue weighted by Gasteiger charge is -2.11. The summed E-state index contributed by atoms with van der Waals surface area (Å²) in [5.41, 5.74) is 8.79. The minimum absolute atomic E-state index is 0.0180. The SMILES string of the molecule is CNc1ccc(N)cc1-c1cc(O)cc(O)c1. The zero-order valence-electron chi connectivity index (χ0n) is 9.44. The molecule has 4 nitrogen and oxygen atoms in total. The van der Waals surface area contributed by atoms with Gasteiger partial charge in [-0.3, -0.25) is 0 Å². The van der Waals surface area contributed by atoms with Crippen LogP contribution in [0.5, 0.6) is 11.5 Å². The number of hydrogen-bond acceptors (Lipinski definition) is 4. The van der Waals surface area contributed by atoms with Gasteiger partial charge in [0.2, 0.25) is 0 Å². The first-order valence-electron chi connectivity index (χ1n) is 5.21. The molecule has 0 fully saturated rings. The molecule has 0 bridgehead atoms. The van der Waals surface area contributed by atoms with Crippen molar-refractivity contribution in [3.63, 3.8) is 0 Å². The second-order valence-electron chi connectivity index (χ2n) is 3.79. The highest BCUT2D eigenvalue weighted by atomic mass is 16.3. The number of phenols is 2. The molecule has 2 rings (SSSR count). The van der Waals surface area contributed by atoms with Crippen molar-refractivity contribution in [3.8, 4) is 22.6 Å². The van der Waals surface area contributed by atoms with Crippen molar-refractivity contribution < 1.29 is 10.2 Å². The number of nitrogen functional groups attached to an aromatic ring is 1. The molecule has 2 aromatic rings. The smallest absolute Gasteiger partial charge is 0.119 e. The maximum absolute atomic E-state index is 9.48. The quantitative estimate of drug-likeness (QED) is 0.597. The lowest BCUT2D eigenvalue weighted by atomic mass is 10.0. The average Bonchev–Trinajstić information content (AvgIpc) is 2.27. The Kier molecular flexibility index (Phi) is 2.78. The van der Waals surface area contributed by atoms with Crippen LogP contribution >= 0.6 is 0 Å². The van der Waals surface area contributed by atoms with E-state index >= 15 is 0 Å². The number of anilines is 2. The molecule has 88 valence electrons. The normalized spacial score (nSPS) is 10.2. The van der Waals surface area contributed by atoms with Crippen LogP contribution in [0.2, 0.25) is 0 Å². The molecule has 0 heterocycles. The van der Waals surface area contributed by atoms with Gasteiger partial charge in [-0.1, -0.05) is 0 Å². The molecule has 0 aliphatic rings. The van der Waals surface area contributed by atoms with E-state index in [0.717, 1.165) is 11.3 Å². The van der Waals surface area contributed by atoms with E-state index in [4.69, 9.17) is 5.73 Å². The molecule has 0 aliphatic carbocycles. The van der Waals surface area contributed by atoms with Crippen LogP contribution in [0.25, 0.3) is 11.1 Å². The van der Waals surface area contributed by atoms with E-state index in [2.05, 4.69) is 5.32 Å². The lowest BCUT2D eigenvalue weighted by Crippen LogP contribution is -1.94. The zero-order chi connectivity index (χ0) is 12.4. The van der Waals surface area contributed by atoms with Crippen LogP contribution in [0.4, 0.5) is 11.4 Å². The van der Waals surface area contributed by atoms with Crippen LogP contribution in [0.3, 0.4) is 0 Å². The average molecular weight is 230 g/mol. The first-order chi connectivity index (χ1) is 8.10. The molecule has 0 unspecified atom stereocenters. The van der Waals surface area contributed by atoms with Crippen molar-refractivity contribution in [2.45, 2.75) is 0 Å². The molecule has 0 atom stereocenters. The Morgan fingerprint density at radius 2 is 1.65 bits per heavy atom. The third-order valence-electron chi connectivity index (χ3n) is 2.53. The molecular formula is C13H14N2O2. The Morgan fingerprint density at radius 1 is 1.00 bits per heavy atom. The molecule has 0 aromatic heterocycles. The first-order valence-corrected chi connectivity index (χ1v) is 5.21. The monoisotopic (exact) mass is 230 g/mol. The Bertz CT molecular complexity index is 533. The van der Waals surface area contributed by atoms with E-state index in [1.165, 1.54) is 6.07 Å². The van der Waals surface area contributed by atoms with Crippen LogP contribution in [-0.4, -0.2) is 17.3 Å². The molecule has 4 heteroatoms. The van der Waals surface area contributed by atoms with Crippen molar-refractivity contribution >= 4 is 11.4 Å². The predicted octanol–water partition coefficient (Wildman–Crippen LogP) is 2.39. The number of hydrogen-bond donors (Lipinski definition) is 4. The molecule has 0 aliphatic heterocycles. The lowest BCUT2D eigenvalue weighted by molar-refractivity contribution is 0.451. The number of rotatable bonds is 2. The maximum atomic E-state index is 9.48. The molecule has 17 heavy (non-hydrogen) atoms. The van der Waals surface area contributed by atoms with Crippen LogP contribution in [0, 0.1) is 0 Å². The highest BCUT2D eigenvalue weighted by Gasteiger charge is 2.07. The van der Waals surface area contributed by atoms with E-state index in [0.29, 0.717) is 11.3 Å². The van der Waals surface area contributed by atoms with E-state index in [1.54, 1.807) is 31.3 Å². The van der Waals surface area contributed by atoms with Crippen molar-refractivity contribution in [3.05, 3.63) is 36.4 Å². The topological polar surface area (TPSA) is 78.5 Å². The number of nitrogens with one attached hydrogen (secondary N) is 1. The summed E-state index contributed by atoms with van der Waals surface area (Å²) in [6, 6.07) is 9.88. The van der Waals surface area contributed by atoms with Crippen LogP contribution in [-0.2, 0) is 0 Å². The summed E-state index contributed by atoms with van der Waals surface area (Å²) >= 11 is 0. The highest BCUT2D eigenvalue weighted by Crippen LogP contribution is 2.34. The van der Waals surface area contributed by atoms with Gasteiger partial charge in [-0.2, -0.15) is 0 Å². The Labute approximate surface area is 99.3 Å². The summed E-state index contributed by atoms with van der Waals surface area (Å²) in [6.07, 6.45) is 0. The van der Waals surface area contributed by atoms with Gasteiger partial charge >= 0.3 is 0 Å². The Morgan fingerprint density at radius 3 is 2.24 bits per heavy atom. The third kappa shape index (κ3) is 2.25. The van der Waals surface area contributed by atoms with Crippen molar-refractivity contribution in [2.24, 2.45) is 0 Å². The minimum atomic E-state index is 0.0180. The standard InChI is InChI=1S/C13H14N2O2/c1-15-13-3-2-9(14)6-12(13)8-4-10(16)7-11(17)5-8/h2-7,15-17H,14H2,1H3. The predicted molar refractivity (Wildman–Crippen MR) is 69.2 cm³/mol. The van der Waals surface area contributed by atoms with Crippen molar-refractivity contribution in [1.29, 1.82) is 0 Å². The number of benzene rings is 2. The van der Waals surface area contributed by atoms with Gasteiger partial charge in [-0.15, -0.1) is 0 Å². The number of nitrogens with two attached hydrogens (primary N) is 1. The number of phenolic OH excluding ortho intramolecular Hbond substituents is 2.